The lowest BCUT2D eigenvalue weighted by atomic mass is 10.1. The number of fused-ring (bicyclic) bond motifs is 1. The molecular formula is C19H18N2O3. The van der Waals surface area contributed by atoms with Crippen LogP contribution < -0.4 is 14.9 Å². The van der Waals surface area contributed by atoms with Crippen LogP contribution in [0, 0.1) is 0 Å². The zero-order chi connectivity index (χ0) is 16.8. The molecule has 0 radical (unpaired) electrons. The number of rotatable bonds is 5. The third kappa shape index (κ3) is 4.23. The highest BCUT2D eigenvalue weighted by Gasteiger charge is 2.12. The van der Waals surface area contributed by atoms with Gasteiger partial charge in [0.2, 0.25) is 12.7 Å². The molecule has 5 heteroatoms. The van der Waals surface area contributed by atoms with Gasteiger partial charge in [-0.2, -0.15) is 5.10 Å². The predicted molar refractivity (Wildman–Crippen MR) is 93.0 cm³/mol. The second kappa shape index (κ2) is 7.46. The van der Waals surface area contributed by atoms with Crippen LogP contribution in [0.3, 0.4) is 0 Å². The first-order valence-corrected chi connectivity index (χ1v) is 7.65. The molecule has 24 heavy (non-hydrogen) atoms. The Labute approximate surface area is 140 Å². The lowest BCUT2D eigenvalue weighted by Gasteiger charge is -2.01. The van der Waals surface area contributed by atoms with Gasteiger partial charge in [-0.1, -0.05) is 42.5 Å². The van der Waals surface area contributed by atoms with Crippen molar-refractivity contribution < 1.29 is 14.3 Å². The summed E-state index contributed by atoms with van der Waals surface area (Å²) >= 11 is 0. The van der Waals surface area contributed by atoms with Crippen LogP contribution in [0.1, 0.15) is 18.1 Å². The fourth-order valence-electron chi connectivity index (χ4n) is 2.24. The predicted octanol–water partition coefficient (Wildman–Crippen LogP) is 3.16. The summed E-state index contributed by atoms with van der Waals surface area (Å²) in [6, 6.07) is 15.3. The van der Waals surface area contributed by atoms with E-state index < -0.39 is 0 Å². The van der Waals surface area contributed by atoms with Gasteiger partial charge in [0.1, 0.15) is 0 Å². The summed E-state index contributed by atoms with van der Waals surface area (Å²) in [6.45, 7) is 2.09. The number of amides is 1. The largest absolute Gasteiger partial charge is 0.454 e. The van der Waals surface area contributed by atoms with Gasteiger partial charge < -0.3 is 9.47 Å². The first kappa shape index (κ1) is 15.8. The zero-order valence-corrected chi connectivity index (χ0v) is 13.4. The molecule has 0 spiro atoms. The Morgan fingerprint density at radius 2 is 1.96 bits per heavy atom. The number of carbonyl (C=O) groups excluding carboxylic acids is 1. The maximum Gasteiger partial charge on any atom is 0.244 e. The smallest absolute Gasteiger partial charge is 0.244 e. The maximum absolute atomic E-state index is 11.8. The second-order valence-corrected chi connectivity index (χ2v) is 5.40. The summed E-state index contributed by atoms with van der Waals surface area (Å²) in [5.41, 5.74) is 5.20. The Balaban J connectivity index is 1.55. The molecule has 0 bridgehead atoms. The van der Waals surface area contributed by atoms with Crippen molar-refractivity contribution in [2.75, 3.05) is 6.79 Å². The molecule has 1 aliphatic rings. The average molecular weight is 322 g/mol. The molecule has 2 aromatic rings. The number of hydrazone groups is 1. The Bertz CT molecular complexity index is 782. The van der Waals surface area contributed by atoms with E-state index in [1.54, 1.807) is 0 Å². The third-order valence-electron chi connectivity index (χ3n) is 3.48. The van der Waals surface area contributed by atoms with E-state index in [4.69, 9.17) is 9.47 Å². The molecule has 1 amide bonds. The van der Waals surface area contributed by atoms with Crippen LogP contribution in [-0.2, 0) is 11.2 Å². The highest BCUT2D eigenvalue weighted by molar-refractivity contribution is 5.97. The van der Waals surface area contributed by atoms with E-state index in [-0.39, 0.29) is 12.7 Å². The van der Waals surface area contributed by atoms with Crippen molar-refractivity contribution in [3.05, 3.63) is 65.7 Å². The lowest BCUT2D eigenvalue weighted by Crippen LogP contribution is -2.20. The number of benzene rings is 2. The number of hydrogen-bond acceptors (Lipinski definition) is 4. The van der Waals surface area contributed by atoms with Gasteiger partial charge in [-0.3, -0.25) is 4.79 Å². The van der Waals surface area contributed by atoms with Gasteiger partial charge in [0.05, 0.1) is 12.1 Å². The van der Waals surface area contributed by atoms with Crippen LogP contribution >= 0.6 is 0 Å². The molecule has 0 aromatic heterocycles. The summed E-state index contributed by atoms with van der Waals surface area (Å²) < 4.78 is 10.6. The normalized spacial score (nSPS) is 13.3. The van der Waals surface area contributed by atoms with Crippen molar-refractivity contribution in [1.29, 1.82) is 0 Å². The molecule has 0 atom stereocenters. The number of carbonyl (C=O) groups is 1. The van der Waals surface area contributed by atoms with Crippen molar-refractivity contribution in [1.82, 2.24) is 5.43 Å². The van der Waals surface area contributed by atoms with Crippen molar-refractivity contribution >= 4 is 17.7 Å². The minimum absolute atomic E-state index is 0.142. The molecule has 1 N–H and O–H groups in total. The average Bonchev–Trinajstić information content (AvgIpc) is 3.07. The van der Waals surface area contributed by atoms with Crippen LogP contribution in [0.5, 0.6) is 11.5 Å². The van der Waals surface area contributed by atoms with E-state index in [1.807, 2.05) is 67.6 Å². The van der Waals surface area contributed by atoms with Gasteiger partial charge in [0.15, 0.2) is 11.5 Å². The molecule has 3 rings (SSSR count). The van der Waals surface area contributed by atoms with E-state index in [1.165, 1.54) is 0 Å². The van der Waals surface area contributed by atoms with Crippen molar-refractivity contribution in [2.24, 2.45) is 5.10 Å². The standard InChI is InChI=1S/C19H18N2O3/c1-14(20-21-19(22)12-15-5-3-2-4-6-15)7-8-16-9-10-17-18(11-16)24-13-23-17/h2-11H,12-13H2,1H3,(H,21,22). The summed E-state index contributed by atoms with van der Waals surface area (Å²) in [6.07, 6.45) is 4.05. The fourth-order valence-corrected chi connectivity index (χ4v) is 2.24. The van der Waals surface area contributed by atoms with E-state index in [9.17, 15) is 4.79 Å². The Morgan fingerprint density at radius 1 is 1.17 bits per heavy atom. The zero-order valence-electron chi connectivity index (χ0n) is 13.4. The second-order valence-electron chi connectivity index (χ2n) is 5.40. The molecule has 0 unspecified atom stereocenters. The van der Waals surface area contributed by atoms with E-state index in [0.717, 1.165) is 22.6 Å². The van der Waals surface area contributed by atoms with E-state index in [0.29, 0.717) is 12.1 Å². The molecule has 0 fully saturated rings. The quantitative estimate of drug-likeness (QED) is 0.679. The van der Waals surface area contributed by atoms with E-state index in [2.05, 4.69) is 10.5 Å². The van der Waals surface area contributed by atoms with Crippen molar-refractivity contribution in [3.63, 3.8) is 0 Å². The summed E-state index contributed by atoms with van der Waals surface area (Å²) in [4.78, 5) is 11.8. The van der Waals surface area contributed by atoms with Gasteiger partial charge in [-0.15, -0.1) is 0 Å². The molecular weight excluding hydrogens is 304 g/mol. The van der Waals surface area contributed by atoms with Gasteiger partial charge >= 0.3 is 0 Å². The van der Waals surface area contributed by atoms with Gasteiger partial charge in [-0.05, 0) is 36.3 Å². The summed E-state index contributed by atoms with van der Waals surface area (Å²) in [7, 11) is 0. The topological polar surface area (TPSA) is 59.9 Å². The fraction of sp³-hybridized carbons (Fsp3) is 0.158. The lowest BCUT2D eigenvalue weighted by molar-refractivity contribution is -0.120. The van der Waals surface area contributed by atoms with Gasteiger partial charge in [-0.25, -0.2) is 5.43 Å². The molecule has 5 nitrogen and oxygen atoms in total. The Morgan fingerprint density at radius 3 is 2.79 bits per heavy atom. The maximum atomic E-state index is 11.8. The molecule has 122 valence electrons. The monoisotopic (exact) mass is 322 g/mol. The third-order valence-corrected chi connectivity index (χ3v) is 3.48. The highest BCUT2D eigenvalue weighted by atomic mass is 16.7. The number of nitrogens with one attached hydrogen (secondary N) is 1. The minimum atomic E-state index is -0.142. The van der Waals surface area contributed by atoms with Crippen molar-refractivity contribution in [3.8, 4) is 11.5 Å². The summed E-state index contributed by atoms with van der Waals surface area (Å²) in [5.74, 6) is 1.35. The first-order valence-electron chi connectivity index (χ1n) is 7.65. The van der Waals surface area contributed by atoms with Crippen LogP contribution in [0.4, 0.5) is 0 Å². The van der Waals surface area contributed by atoms with Crippen molar-refractivity contribution in [2.45, 2.75) is 13.3 Å². The number of nitrogens with zero attached hydrogens (tertiary/aromatic N) is 1. The number of hydrogen-bond donors (Lipinski definition) is 1. The molecule has 1 heterocycles. The molecule has 0 saturated carbocycles. The summed E-state index contributed by atoms with van der Waals surface area (Å²) in [5, 5.41) is 4.08. The number of allylic oxidation sites excluding steroid dienone is 1. The number of ether oxygens (including phenoxy) is 2. The molecule has 1 aliphatic heterocycles. The van der Waals surface area contributed by atoms with Crippen LogP contribution in [0.25, 0.3) is 6.08 Å². The molecule has 0 aliphatic carbocycles. The Hall–Kier alpha value is -3.08. The first-order chi connectivity index (χ1) is 11.7. The van der Waals surface area contributed by atoms with Crippen LogP contribution in [0.15, 0.2) is 59.7 Å². The van der Waals surface area contributed by atoms with Crippen LogP contribution in [-0.4, -0.2) is 18.4 Å². The van der Waals surface area contributed by atoms with Crippen LogP contribution in [0.2, 0.25) is 0 Å². The molecule has 2 aromatic carbocycles. The highest BCUT2D eigenvalue weighted by Crippen LogP contribution is 2.32. The van der Waals surface area contributed by atoms with E-state index >= 15 is 0 Å². The minimum Gasteiger partial charge on any atom is -0.454 e. The Kier molecular flexibility index (Phi) is 4.91. The van der Waals surface area contributed by atoms with Gasteiger partial charge in [0, 0.05) is 0 Å². The SMILES string of the molecule is CC(C=Cc1ccc2c(c1)OCO2)=NNC(=O)Cc1ccccc1. The molecule has 0 saturated heterocycles. The van der Waals surface area contributed by atoms with Gasteiger partial charge in [0.25, 0.3) is 0 Å².